The molecule has 0 fully saturated rings. The standard InChI is InChI=1S/C19H26N4O2S/c1-6-11-23-18(15-9-7-8-10-16(15)25-5)21-22-19(23)26-12-17(24)20-14(4)13(2)3/h6-10,13-14H,1,11-12H2,2-5H3,(H,20,24). The van der Waals surface area contributed by atoms with Crippen molar-refractivity contribution in [1.82, 2.24) is 20.1 Å². The Labute approximate surface area is 159 Å². The van der Waals surface area contributed by atoms with Gasteiger partial charge in [0.15, 0.2) is 11.0 Å². The molecule has 0 spiro atoms. The Morgan fingerprint density at radius 2 is 2.08 bits per heavy atom. The van der Waals surface area contributed by atoms with Gasteiger partial charge in [0.25, 0.3) is 0 Å². The van der Waals surface area contributed by atoms with E-state index in [0.717, 1.165) is 11.3 Å². The molecule has 140 valence electrons. The number of carbonyl (C=O) groups excluding carboxylic acids is 1. The number of ether oxygens (including phenoxy) is 1. The van der Waals surface area contributed by atoms with Crippen LogP contribution in [-0.2, 0) is 11.3 Å². The summed E-state index contributed by atoms with van der Waals surface area (Å²) in [5.74, 6) is 2.10. The second kappa shape index (κ2) is 9.43. The zero-order chi connectivity index (χ0) is 19.1. The van der Waals surface area contributed by atoms with Gasteiger partial charge in [0.1, 0.15) is 5.75 Å². The van der Waals surface area contributed by atoms with Gasteiger partial charge in [0.2, 0.25) is 5.91 Å². The Hall–Kier alpha value is -2.28. The summed E-state index contributed by atoms with van der Waals surface area (Å²) < 4.78 is 7.37. The molecule has 1 aromatic carbocycles. The Morgan fingerprint density at radius 1 is 1.35 bits per heavy atom. The number of benzene rings is 1. The van der Waals surface area contributed by atoms with Gasteiger partial charge < -0.3 is 10.1 Å². The number of rotatable bonds is 9. The number of thioether (sulfide) groups is 1. The molecule has 1 aromatic heterocycles. The van der Waals surface area contributed by atoms with Crippen molar-refractivity contribution in [3.63, 3.8) is 0 Å². The molecule has 7 heteroatoms. The lowest BCUT2D eigenvalue weighted by atomic mass is 10.1. The molecule has 2 rings (SSSR count). The van der Waals surface area contributed by atoms with Crippen LogP contribution < -0.4 is 10.1 Å². The second-order valence-corrected chi connectivity index (χ2v) is 7.24. The molecule has 0 aliphatic heterocycles. The van der Waals surface area contributed by atoms with Crippen LogP contribution in [0.15, 0.2) is 42.1 Å². The molecule has 0 aliphatic rings. The van der Waals surface area contributed by atoms with E-state index in [0.29, 0.717) is 23.4 Å². The molecule has 2 aromatic rings. The van der Waals surface area contributed by atoms with Gasteiger partial charge in [-0.1, -0.05) is 43.8 Å². The van der Waals surface area contributed by atoms with Gasteiger partial charge in [-0.15, -0.1) is 16.8 Å². The third kappa shape index (κ3) is 4.88. The molecule has 26 heavy (non-hydrogen) atoms. The molecule has 1 N–H and O–H groups in total. The van der Waals surface area contributed by atoms with Crippen LogP contribution in [0.25, 0.3) is 11.4 Å². The van der Waals surface area contributed by atoms with Crippen LogP contribution in [0.1, 0.15) is 20.8 Å². The zero-order valence-corrected chi connectivity index (χ0v) is 16.5. The molecular weight excluding hydrogens is 348 g/mol. The number of nitrogens with one attached hydrogen (secondary N) is 1. The first-order valence-corrected chi connectivity index (χ1v) is 9.56. The van der Waals surface area contributed by atoms with Crippen molar-refractivity contribution in [2.75, 3.05) is 12.9 Å². The number of carbonyl (C=O) groups is 1. The molecule has 1 amide bonds. The summed E-state index contributed by atoms with van der Waals surface area (Å²) in [7, 11) is 1.63. The minimum absolute atomic E-state index is 0.0109. The zero-order valence-electron chi connectivity index (χ0n) is 15.7. The summed E-state index contributed by atoms with van der Waals surface area (Å²) in [6.07, 6.45) is 1.78. The molecule has 1 atom stereocenters. The largest absolute Gasteiger partial charge is 0.496 e. The van der Waals surface area contributed by atoms with Gasteiger partial charge in [-0.05, 0) is 25.0 Å². The van der Waals surface area contributed by atoms with Crippen LogP contribution in [0.2, 0.25) is 0 Å². The first kappa shape index (κ1) is 20.0. The second-order valence-electron chi connectivity index (χ2n) is 6.29. The lowest BCUT2D eigenvalue weighted by molar-refractivity contribution is -0.119. The number of nitrogens with zero attached hydrogens (tertiary/aromatic N) is 3. The predicted octanol–water partition coefficient (Wildman–Crippen LogP) is 3.39. The number of hydrogen-bond donors (Lipinski definition) is 1. The van der Waals surface area contributed by atoms with Gasteiger partial charge in [0, 0.05) is 12.6 Å². The third-order valence-corrected chi connectivity index (χ3v) is 5.06. The van der Waals surface area contributed by atoms with Gasteiger partial charge in [-0.25, -0.2) is 0 Å². The topological polar surface area (TPSA) is 69.0 Å². The van der Waals surface area contributed by atoms with Gasteiger partial charge in [-0.3, -0.25) is 9.36 Å². The highest BCUT2D eigenvalue weighted by Gasteiger charge is 2.18. The monoisotopic (exact) mass is 374 g/mol. The van der Waals surface area contributed by atoms with Gasteiger partial charge in [-0.2, -0.15) is 0 Å². The average molecular weight is 375 g/mol. The minimum atomic E-state index is -0.0109. The van der Waals surface area contributed by atoms with Gasteiger partial charge in [0.05, 0.1) is 18.4 Å². The normalized spacial score (nSPS) is 12.0. The molecular formula is C19H26N4O2S. The van der Waals surface area contributed by atoms with E-state index < -0.39 is 0 Å². The summed E-state index contributed by atoms with van der Waals surface area (Å²) in [4.78, 5) is 12.1. The number of hydrogen-bond acceptors (Lipinski definition) is 5. The number of amides is 1. The van der Waals surface area contributed by atoms with Crippen LogP contribution in [-0.4, -0.2) is 39.6 Å². The van der Waals surface area contributed by atoms with Crippen LogP contribution in [0, 0.1) is 5.92 Å². The Morgan fingerprint density at radius 3 is 2.73 bits per heavy atom. The number of methoxy groups -OCH3 is 1. The summed E-state index contributed by atoms with van der Waals surface area (Å²) in [5.41, 5.74) is 0.856. The molecule has 0 radical (unpaired) electrons. The summed E-state index contributed by atoms with van der Waals surface area (Å²) >= 11 is 1.37. The van der Waals surface area contributed by atoms with Crippen molar-refractivity contribution in [3.8, 4) is 17.1 Å². The Kier molecular flexibility index (Phi) is 7.26. The van der Waals surface area contributed by atoms with E-state index in [9.17, 15) is 4.79 Å². The number of para-hydroxylation sites is 1. The fourth-order valence-corrected chi connectivity index (χ4v) is 3.07. The summed E-state index contributed by atoms with van der Waals surface area (Å²) in [5, 5.41) is 12.3. The van der Waals surface area contributed by atoms with Crippen molar-refractivity contribution in [2.45, 2.75) is 38.5 Å². The molecule has 1 heterocycles. The highest BCUT2D eigenvalue weighted by molar-refractivity contribution is 7.99. The average Bonchev–Trinajstić information content (AvgIpc) is 3.02. The van der Waals surface area contributed by atoms with E-state index in [1.54, 1.807) is 13.2 Å². The van der Waals surface area contributed by atoms with Crippen molar-refractivity contribution >= 4 is 17.7 Å². The molecule has 6 nitrogen and oxygen atoms in total. The minimum Gasteiger partial charge on any atom is -0.496 e. The van der Waals surface area contributed by atoms with E-state index in [1.807, 2.05) is 35.8 Å². The predicted molar refractivity (Wildman–Crippen MR) is 105 cm³/mol. The third-order valence-electron chi connectivity index (χ3n) is 4.10. The molecule has 0 saturated heterocycles. The summed E-state index contributed by atoms with van der Waals surface area (Å²) in [6.45, 7) is 10.5. The van der Waals surface area contributed by atoms with Crippen LogP contribution in [0.4, 0.5) is 0 Å². The lowest BCUT2D eigenvalue weighted by Crippen LogP contribution is -2.37. The van der Waals surface area contributed by atoms with Crippen LogP contribution in [0.3, 0.4) is 0 Å². The Balaban J connectivity index is 2.19. The first-order chi connectivity index (χ1) is 12.5. The molecule has 0 bridgehead atoms. The van der Waals surface area contributed by atoms with E-state index in [2.05, 4.69) is 35.9 Å². The maximum absolute atomic E-state index is 12.1. The van der Waals surface area contributed by atoms with Crippen molar-refractivity contribution in [2.24, 2.45) is 5.92 Å². The molecule has 0 saturated carbocycles. The highest BCUT2D eigenvalue weighted by Crippen LogP contribution is 2.30. The maximum Gasteiger partial charge on any atom is 0.230 e. The maximum atomic E-state index is 12.1. The summed E-state index contributed by atoms with van der Waals surface area (Å²) in [6, 6.07) is 7.80. The highest BCUT2D eigenvalue weighted by atomic mass is 32.2. The lowest BCUT2D eigenvalue weighted by Gasteiger charge is -2.17. The molecule has 0 aliphatic carbocycles. The van der Waals surface area contributed by atoms with Crippen molar-refractivity contribution < 1.29 is 9.53 Å². The number of aromatic nitrogens is 3. The quantitative estimate of drug-likeness (QED) is 0.538. The number of allylic oxidation sites excluding steroid dienone is 1. The molecule has 1 unspecified atom stereocenters. The fourth-order valence-electron chi connectivity index (χ4n) is 2.31. The van der Waals surface area contributed by atoms with Crippen LogP contribution in [0.5, 0.6) is 5.75 Å². The van der Waals surface area contributed by atoms with E-state index in [1.165, 1.54) is 11.8 Å². The SMILES string of the molecule is C=CCn1c(SCC(=O)NC(C)C(C)C)nnc1-c1ccccc1OC. The fraction of sp³-hybridized carbons (Fsp3) is 0.421. The van der Waals surface area contributed by atoms with Crippen molar-refractivity contribution in [1.29, 1.82) is 0 Å². The van der Waals surface area contributed by atoms with Crippen molar-refractivity contribution in [3.05, 3.63) is 36.9 Å². The van der Waals surface area contributed by atoms with Crippen LogP contribution >= 0.6 is 11.8 Å². The van der Waals surface area contributed by atoms with E-state index >= 15 is 0 Å². The Bertz CT molecular complexity index is 758. The van der Waals surface area contributed by atoms with E-state index in [4.69, 9.17) is 4.74 Å². The van der Waals surface area contributed by atoms with Gasteiger partial charge >= 0.3 is 0 Å². The first-order valence-electron chi connectivity index (χ1n) is 8.57. The smallest absolute Gasteiger partial charge is 0.230 e. The van der Waals surface area contributed by atoms with E-state index in [-0.39, 0.29) is 17.7 Å².